The van der Waals surface area contributed by atoms with Crippen LogP contribution in [-0.2, 0) is 11.2 Å². The SMILES string of the molecule is Cc1ccc(C)c(CC(=O)NCC(=O)c2ccccc2)c1. The number of carbonyl (C=O) groups excluding carboxylic acids is 2. The monoisotopic (exact) mass is 281 g/mol. The van der Waals surface area contributed by atoms with E-state index in [2.05, 4.69) is 5.32 Å². The average molecular weight is 281 g/mol. The van der Waals surface area contributed by atoms with Gasteiger partial charge in [-0.05, 0) is 25.0 Å². The lowest BCUT2D eigenvalue weighted by Gasteiger charge is -2.08. The van der Waals surface area contributed by atoms with Gasteiger partial charge in [-0.2, -0.15) is 0 Å². The van der Waals surface area contributed by atoms with E-state index in [1.54, 1.807) is 12.1 Å². The van der Waals surface area contributed by atoms with Gasteiger partial charge in [-0.1, -0.05) is 54.1 Å². The molecule has 1 amide bonds. The third-order valence-electron chi connectivity index (χ3n) is 3.40. The molecular formula is C18H19NO2. The first-order valence-corrected chi connectivity index (χ1v) is 6.97. The van der Waals surface area contributed by atoms with Crippen LogP contribution in [-0.4, -0.2) is 18.2 Å². The van der Waals surface area contributed by atoms with Gasteiger partial charge >= 0.3 is 0 Å². The summed E-state index contributed by atoms with van der Waals surface area (Å²) in [5.74, 6) is -0.210. The number of hydrogen-bond acceptors (Lipinski definition) is 2. The number of aryl methyl sites for hydroxylation is 2. The summed E-state index contributed by atoms with van der Waals surface area (Å²) >= 11 is 0. The molecule has 1 N–H and O–H groups in total. The summed E-state index contributed by atoms with van der Waals surface area (Å²) < 4.78 is 0. The first kappa shape index (κ1) is 15.0. The Morgan fingerprint density at radius 3 is 2.43 bits per heavy atom. The van der Waals surface area contributed by atoms with Gasteiger partial charge in [0.2, 0.25) is 5.91 Å². The molecule has 0 aliphatic carbocycles. The maximum atomic E-state index is 11.9. The van der Waals surface area contributed by atoms with Gasteiger partial charge in [0.25, 0.3) is 0 Å². The summed E-state index contributed by atoms with van der Waals surface area (Å²) in [7, 11) is 0. The molecule has 0 aliphatic heterocycles. The number of nitrogens with one attached hydrogen (secondary N) is 1. The standard InChI is InChI=1S/C18H19NO2/c1-13-8-9-14(2)16(10-13)11-18(21)19-12-17(20)15-6-4-3-5-7-15/h3-10H,11-12H2,1-2H3,(H,19,21). The van der Waals surface area contributed by atoms with E-state index in [0.717, 1.165) is 16.7 Å². The minimum absolute atomic E-state index is 0.0354. The molecule has 3 nitrogen and oxygen atoms in total. The molecule has 0 saturated carbocycles. The average Bonchev–Trinajstić information content (AvgIpc) is 2.49. The Morgan fingerprint density at radius 1 is 1.00 bits per heavy atom. The summed E-state index contributed by atoms with van der Waals surface area (Å²) in [6.07, 6.45) is 0.301. The lowest BCUT2D eigenvalue weighted by atomic mass is 10.0. The van der Waals surface area contributed by atoms with Crippen LogP contribution in [0.3, 0.4) is 0 Å². The molecular weight excluding hydrogens is 262 g/mol. The maximum Gasteiger partial charge on any atom is 0.224 e. The van der Waals surface area contributed by atoms with Crippen LogP contribution in [0.2, 0.25) is 0 Å². The zero-order chi connectivity index (χ0) is 15.2. The highest BCUT2D eigenvalue weighted by atomic mass is 16.2. The summed E-state index contributed by atoms with van der Waals surface area (Å²) in [6.45, 7) is 4.02. The molecule has 2 aromatic rings. The highest BCUT2D eigenvalue weighted by Gasteiger charge is 2.09. The van der Waals surface area contributed by atoms with E-state index in [1.165, 1.54) is 0 Å². The Balaban J connectivity index is 1.91. The number of rotatable bonds is 5. The van der Waals surface area contributed by atoms with Gasteiger partial charge < -0.3 is 5.32 Å². The van der Waals surface area contributed by atoms with E-state index >= 15 is 0 Å². The molecule has 0 unspecified atom stereocenters. The van der Waals surface area contributed by atoms with Crippen molar-refractivity contribution in [3.63, 3.8) is 0 Å². The summed E-state index contributed by atoms with van der Waals surface area (Å²) in [4.78, 5) is 23.9. The predicted octanol–water partition coefficient (Wildman–Crippen LogP) is 2.85. The summed E-state index contributed by atoms with van der Waals surface area (Å²) in [6, 6.07) is 15.0. The number of ketones is 1. The Bertz CT molecular complexity index is 648. The number of benzene rings is 2. The number of carbonyl (C=O) groups is 2. The predicted molar refractivity (Wildman–Crippen MR) is 83.4 cm³/mol. The molecule has 0 heterocycles. The second kappa shape index (κ2) is 6.84. The fourth-order valence-corrected chi connectivity index (χ4v) is 2.13. The highest BCUT2D eigenvalue weighted by Crippen LogP contribution is 2.11. The highest BCUT2D eigenvalue weighted by molar-refractivity contribution is 5.99. The van der Waals surface area contributed by atoms with Crippen molar-refractivity contribution in [2.24, 2.45) is 0 Å². The third kappa shape index (κ3) is 4.28. The van der Waals surface area contributed by atoms with E-state index in [4.69, 9.17) is 0 Å². The lowest BCUT2D eigenvalue weighted by Crippen LogP contribution is -2.30. The zero-order valence-electron chi connectivity index (χ0n) is 12.3. The number of hydrogen-bond donors (Lipinski definition) is 1. The van der Waals surface area contributed by atoms with Gasteiger partial charge in [0.05, 0.1) is 13.0 Å². The normalized spacial score (nSPS) is 10.2. The second-order valence-corrected chi connectivity index (χ2v) is 5.17. The molecule has 0 saturated heterocycles. The van der Waals surface area contributed by atoms with Gasteiger partial charge in [0, 0.05) is 5.56 Å². The Morgan fingerprint density at radius 2 is 1.71 bits per heavy atom. The topological polar surface area (TPSA) is 46.2 Å². The van der Waals surface area contributed by atoms with E-state index in [-0.39, 0.29) is 18.2 Å². The lowest BCUT2D eigenvalue weighted by molar-refractivity contribution is -0.120. The largest absolute Gasteiger partial charge is 0.348 e. The van der Waals surface area contributed by atoms with Crippen LogP contribution in [0.5, 0.6) is 0 Å². The van der Waals surface area contributed by atoms with Crippen molar-refractivity contribution in [3.8, 4) is 0 Å². The molecule has 0 radical (unpaired) electrons. The molecule has 0 aliphatic rings. The summed E-state index contributed by atoms with van der Waals surface area (Å²) in [5.41, 5.74) is 3.83. The number of Topliss-reactive ketones (excluding diaryl/α,β-unsaturated/α-hetero) is 1. The van der Waals surface area contributed by atoms with Gasteiger partial charge in [0.15, 0.2) is 5.78 Å². The van der Waals surface area contributed by atoms with Crippen LogP contribution in [0, 0.1) is 13.8 Å². The van der Waals surface area contributed by atoms with Crippen molar-refractivity contribution >= 4 is 11.7 Å². The van der Waals surface area contributed by atoms with Gasteiger partial charge in [-0.25, -0.2) is 0 Å². The summed E-state index contributed by atoms with van der Waals surface area (Å²) in [5, 5.41) is 2.69. The first-order valence-electron chi connectivity index (χ1n) is 6.97. The third-order valence-corrected chi connectivity index (χ3v) is 3.40. The van der Waals surface area contributed by atoms with E-state index in [1.807, 2.05) is 50.2 Å². The molecule has 0 spiro atoms. The van der Waals surface area contributed by atoms with Crippen LogP contribution in [0.15, 0.2) is 48.5 Å². The van der Waals surface area contributed by atoms with Crippen molar-refractivity contribution in [1.82, 2.24) is 5.32 Å². The van der Waals surface area contributed by atoms with Gasteiger partial charge in [-0.3, -0.25) is 9.59 Å². The smallest absolute Gasteiger partial charge is 0.224 e. The Labute approximate surface area is 125 Å². The van der Waals surface area contributed by atoms with E-state index < -0.39 is 0 Å². The first-order chi connectivity index (χ1) is 10.1. The van der Waals surface area contributed by atoms with Crippen LogP contribution in [0.1, 0.15) is 27.0 Å². The molecule has 0 bridgehead atoms. The van der Waals surface area contributed by atoms with Crippen LogP contribution >= 0.6 is 0 Å². The van der Waals surface area contributed by atoms with Crippen molar-refractivity contribution in [2.75, 3.05) is 6.54 Å². The second-order valence-electron chi connectivity index (χ2n) is 5.17. The number of amides is 1. The van der Waals surface area contributed by atoms with Crippen LogP contribution in [0.4, 0.5) is 0 Å². The molecule has 3 heteroatoms. The quantitative estimate of drug-likeness (QED) is 0.857. The molecule has 2 rings (SSSR count). The molecule has 2 aromatic carbocycles. The molecule has 108 valence electrons. The van der Waals surface area contributed by atoms with Gasteiger partial charge in [-0.15, -0.1) is 0 Å². The van der Waals surface area contributed by atoms with Crippen molar-refractivity contribution in [2.45, 2.75) is 20.3 Å². The Kier molecular flexibility index (Phi) is 4.88. The molecule has 21 heavy (non-hydrogen) atoms. The fourth-order valence-electron chi connectivity index (χ4n) is 2.13. The van der Waals surface area contributed by atoms with E-state index in [0.29, 0.717) is 12.0 Å². The van der Waals surface area contributed by atoms with Crippen molar-refractivity contribution in [1.29, 1.82) is 0 Å². The van der Waals surface area contributed by atoms with Crippen molar-refractivity contribution in [3.05, 3.63) is 70.8 Å². The molecule has 0 aromatic heterocycles. The molecule has 0 fully saturated rings. The zero-order valence-corrected chi connectivity index (χ0v) is 12.3. The van der Waals surface area contributed by atoms with E-state index in [9.17, 15) is 9.59 Å². The maximum absolute atomic E-state index is 11.9. The minimum atomic E-state index is -0.131. The Hall–Kier alpha value is -2.42. The fraction of sp³-hybridized carbons (Fsp3) is 0.222. The van der Waals surface area contributed by atoms with Crippen LogP contribution in [0.25, 0.3) is 0 Å². The van der Waals surface area contributed by atoms with Gasteiger partial charge in [0.1, 0.15) is 0 Å². The van der Waals surface area contributed by atoms with Crippen LogP contribution < -0.4 is 5.32 Å². The van der Waals surface area contributed by atoms with Crippen molar-refractivity contribution < 1.29 is 9.59 Å². The molecule has 0 atom stereocenters. The minimum Gasteiger partial charge on any atom is -0.348 e.